The summed E-state index contributed by atoms with van der Waals surface area (Å²) in [6.45, 7) is 4.88. The SMILES string of the molecule is CC1=CC(=C(C#N)C#N)C(C)CN1C. The third kappa shape index (κ3) is 1.78. The predicted molar refractivity (Wildman–Crippen MR) is 53.8 cm³/mol. The van der Waals surface area contributed by atoms with E-state index >= 15 is 0 Å². The monoisotopic (exact) mass is 187 g/mol. The maximum Gasteiger partial charge on any atom is 0.133 e. The summed E-state index contributed by atoms with van der Waals surface area (Å²) in [6.07, 6.45) is 1.93. The molecule has 0 fully saturated rings. The molecule has 1 unspecified atom stereocenters. The summed E-state index contributed by atoms with van der Waals surface area (Å²) in [7, 11) is 2.01. The molecule has 72 valence electrons. The van der Waals surface area contributed by atoms with Crippen LogP contribution in [-0.4, -0.2) is 18.5 Å². The third-order valence-corrected chi connectivity index (χ3v) is 2.56. The summed E-state index contributed by atoms with van der Waals surface area (Å²) in [4.78, 5) is 2.13. The van der Waals surface area contributed by atoms with Gasteiger partial charge in [0.25, 0.3) is 0 Å². The Labute approximate surface area is 84.5 Å². The van der Waals surface area contributed by atoms with Crippen molar-refractivity contribution in [3.63, 3.8) is 0 Å². The topological polar surface area (TPSA) is 50.8 Å². The minimum atomic E-state index is 0.241. The zero-order chi connectivity index (χ0) is 10.7. The van der Waals surface area contributed by atoms with E-state index in [4.69, 9.17) is 10.5 Å². The Morgan fingerprint density at radius 2 is 2.07 bits per heavy atom. The highest BCUT2D eigenvalue weighted by Gasteiger charge is 2.19. The van der Waals surface area contributed by atoms with Crippen molar-refractivity contribution < 1.29 is 0 Å². The Hall–Kier alpha value is -1.74. The summed E-state index contributed by atoms with van der Waals surface area (Å²) in [5, 5.41) is 17.5. The summed E-state index contributed by atoms with van der Waals surface area (Å²) in [6, 6.07) is 3.89. The molecule has 14 heavy (non-hydrogen) atoms. The number of rotatable bonds is 0. The second kappa shape index (κ2) is 3.98. The van der Waals surface area contributed by atoms with E-state index in [1.807, 2.05) is 39.1 Å². The maximum atomic E-state index is 8.77. The van der Waals surface area contributed by atoms with Crippen molar-refractivity contribution in [1.29, 1.82) is 10.5 Å². The molecule has 1 aliphatic rings. The van der Waals surface area contributed by atoms with Crippen LogP contribution in [0.4, 0.5) is 0 Å². The second-order valence-electron chi connectivity index (χ2n) is 3.62. The molecule has 0 aromatic carbocycles. The Kier molecular flexibility index (Phi) is 2.94. The van der Waals surface area contributed by atoms with Gasteiger partial charge in [-0.25, -0.2) is 0 Å². The van der Waals surface area contributed by atoms with Gasteiger partial charge >= 0.3 is 0 Å². The summed E-state index contributed by atoms with van der Waals surface area (Å²) in [5.41, 5.74) is 2.21. The molecule has 0 aromatic rings. The standard InChI is InChI=1S/C11H13N3/c1-8-7-14(3)9(2)4-11(8)10(5-12)6-13/h4,8H,7H2,1-3H3. The number of nitrogens with zero attached hydrogens (tertiary/aromatic N) is 3. The molecule has 1 atom stereocenters. The first-order chi connectivity index (χ1) is 6.60. The highest BCUT2D eigenvalue weighted by molar-refractivity contribution is 5.47. The van der Waals surface area contributed by atoms with E-state index in [2.05, 4.69) is 4.90 Å². The average Bonchev–Trinajstić information content (AvgIpc) is 2.15. The van der Waals surface area contributed by atoms with Gasteiger partial charge in [0.05, 0.1) is 0 Å². The fourth-order valence-corrected chi connectivity index (χ4v) is 1.60. The molecule has 0 saturated carbocycles. The molecule has 0 bridgehead atoms. The van der Waals surface area contributed by atoms with Crippen LogP contribution in [0.2, 0.25) is 0 Å². The Balaban J connectivity index is 3.21. The third-order valence-electron chi connectivity index (χ3n) is 2.56. The lowest BCUT2D eigenvalue weighted by atomic mass is 9.92. The molecular formula is C11H13N3. The van der Waals surface area contributed by atoms with Crippen LogP contribution >= 0.6 is 0 Å². The van der Waals surface area contributed by atoms with Crippen LogP contribution in [0, 0.1) is 28.6 Å². The zero-order valence-corrected chi connectivity index (χ0v) is 8.70. The van der Waals surface area contributed by atoms with E-state index in [0.717, 1.165) is 17.8 Å². The van der Waals surface area contributed by atoms with Crippen LogP contribution in [0.15, 0.2) is 22.9 Å². The van der Waals surface area contributed by atoms with E-state index < -0.39 is 0 Å². The molecule has 0 amide bonds. The number of allylic oxidation sites excluding steroid dienone is 3. The van der Waals surface area contributed by atoms with Crippen molar-refractivity contribution in [2.24, 2.45) is 5.92 Å². The molecule has 3 nitrogen and oxygen atoms in total. The van der Waals surface area contributed by atoms with Gasteiger partial charge < -0.3 is 4.90 Å². The first-order valence-electron chi connectivity index (χ1n) is 4.54. The predicted octanol–water partition coefficient (Wildman–Crippen LogP) is 1.82. The average molecular weight is 187 g/mol. The van der Waals surface area contributed by atoms with E-state index in [0.29, 0.717) is 0 Å². The lowest BCUT2D eigenvalue weighted by Gasteiger charge is -2.30. The van der Waals surface area contributed by atoms with Crippen LogP contribution in [0.1, 0.15) is 13.8 Å². The van der Waals surface area contributed by atoms with Gasteiger partial charge in [-0.3, -0.25) is 0 Å². The lowest BCUT2D eigenvalue weighted by Crippen LogP contribution is -2.28. The summed E-state index contributed by atoms with van der Waals surface area (Å²) in [5.74, 6) is 0.248. The van der Waals surface area contributed by atoms with Gasteiger partial charge in [0, 0.05) is 25.2 Å². The molecule has 0 saturated heterocycles. The largest absolute Gasteiger partial charge is 0.377 e. The Bertz CT molecular complexity index is 360. The van der Waals surface area contributed by atoms with Crippen LogP contribution < -0.4 is 0 Å². The number of hydrogen-bond acceptors (Lipinski definition) is 3. The first kappa shape index (κ1) is 10.3. The smallest absolute Gasteiger partial charge is 0.133 e. The van der Waals surface area contributed by atoms with Crippen molar-refractivity contribution in [3.8, 4) is 12.1 Å². The number of hydrogen-bond donors (Lipinski definition) is 0. The summed E-state index contributed by atoms with van der Waals surface area (Å²) < 4.78 is 0. The molecule has 1 heterocycles. The molecular weight excluding hydrogens is 174 g/mol. The van der Waals surface area contributed by atoms with Gasteiger partial charge in [-0.2, -0.15) is 10.5 Å². The number of nitriles is 2. The summed E-state index contributed by atoms with van der Waals surface area (Å²) >= 11 is 0. The van der Waals surface area contributed by atoms with Gasteiger partial charge in [-0.15, -0.1) is 0 Å². The first-order valence-corrected chi connectivity index (χ1v) is 4.54. The molecule has 3 heteroatoms. The van der Waals surface area contributed by atoms with Gasteiger partial charge in [0.15, 0.2) is 0 Å². The molecule has 0 aliphatic carbocycles. The molecule has 0 radical (unpaired) electrons. The zero-order valence-electron chi connectivity index (χ0n) is 8.70. The van der Waals surface area contributed by atoms with Gasteiger partial charge in [0.2, 0.25) is 0 Å². The van der Waals surface area contributed by atoms with Crippen molar-refractivity contribution in [2.75, 3.05) is 13.6 Å². The van der Waals surface area contributed by atoms with E-state index in [9.17, 15) is 0 Å². The molecule has 1 aliphatic heterocycles. The van der Waals surface area contributed by atoms with Crippen molar-refractivity contribution >= 4 is 0 Å². The molecule has 0 N–H and O–H groups in total. The minimum Gasteiger partial charge on any atom is -0.377 e. The molecule has 1 rings (SSSR count). The van der Waals surface area contributed by atoms with Crippen molar-refractivity contribution in [1.82, 2.24) is 4.90 Å². The highest BCUT2D eigenvalue weighted by Crippen LogP contribution is 2.25. The normalized spacial score (nSPS) is 20.9. The molecule has 0 aromatic heterocycles. The lowest BCUT2D eigenvalue weighted by molar-refractivity contribution is 0.357. The van der Waals surface area contributed by atoms with E-state index in [-0.39, 0.29) is 11.5 Å². The van der Waals surface area contributed by atoms with Crippen molar-refractivity contribution in [2.45, 2.75) is 13.8 Å². The van der Waals surface area contributed by atoms with Crippen LogP contribution in [0.3, 0.4) is 0 Å². The van der Waals surface area contributed by atoms with E-state index in [1.165, 1.54) is 0 Å². The fraction of sp³-hybridized carbons (Fsp3) is 0.455. The van der Waals surface area contributed by atoms with Crippen LogP contribution in [-0.2, 0) is 0 Å². The minimum absolute atomic E-state index is 0.241. The Morgan fingerprint density at radius 3 is 2.57 bits per heavy atom. The molecule has 0 spiro atoms. The fourth-order valence-electron chi connectivity index (χ4n) is 1.60. The Morgan fingerprint density at radius 1 is 1.50 bits per heavy atom. The second-order valence-corrected chi connectivity index (χ2v) is 3.62. The maximum absolute atomic E-state index is 8.77. The highest BCUT2D eigenvalue weighted by atomic mass is 15.1. The van der Waals surface area contributed by atoms with Crippen LogP contribution in [0.25, 0.3) is 0 Å². The van der Waals surface area contributed by atoms with Gasteiger partial charge in [-0.05, 0) is 18.6 Å². The van der Waals surface area contributed by atoms with E-state index in [1.54, 1.807) is 0 Å². The van der Waals surface area contributed by atoms with Crippen molar-refractivity contribution in [3.05, 3.63) is 22.9 Å². The quantitative estimate of drug-likeness (QED) is 0.543. The van der Waals surface area contributed by atoms with Gasteiger partial charge in [0.1, 0.15) is 17.7 Å². The van der Waals surface area contributed by atoms with Gasteiger partial charge in [-0.1, -0.05) is 6.92 Å². The van der Waals surface area contributed by atoms with Crippen LogP contribution in [0.5, 0.6) is 0 Å².